The molecule has 0 unspecified atom stereocenters. The minimum Gasteiger partial charge on any atom is -0.481 e. The van der Waals surface area contributed by atoms with Crippen LogP contribution in [0.4, 0.5) is 0 Å². The van der Waals surface area contributed by atoms with Gasteiger partial charge in [-0.1, -0.05) is 25.8 Å². The summed E-state index contributed by atoms with van der Waals surface area (Å²) < 4.78 is 0. The SMILES string of the molecule is C=CC(=O)CCCCCCCC(=O)O. The van der Waals surface area contributed by atoms with E-state index in [1.54, 1.807) is 0 Å². The Hall–Kier alpha value is -1.12. The van der Waals surface area contributed by atoms with Gasteiger partial charge in [0.25, 0.3) is 0 Å². The van der Waals surface area contributed by atoms with Crippen LogP contribution in [0, 0.1) is 0 Å². The van der Waals surface area contributed by atoms with E-state index in [-0.39, 0.29) is 12.2 Å². The zero-order valence-electron chi connectivity index (χ0n) is 8.50. The topological polar surface area (TPSA) is 54.4 Å². The van der Waals surface area contributed by atoms with Crippen LogP contribution in [0.2, 0.25) is 0 Å². The highest BCUT2D eigenvalue weighted by molar-refractivity contribution is 5.88. The molecular formula is C11H18O3. The number of ketones is 1. The Morgan fingerprint density at radius 3 is 2.00 bits per heavy atom. The minimum absolute atomic E-state index is 0.0931. The Labute approximate surface area is 84.8 Å². The summed E-state index contributed by atoms with van der Waals surface area (Å²) in [7, 11) is 0. The lowest BCUT2D eigenvalue weighted by Crippen LogP contribution is -1.94. The molecule has 0 aliphatic carbocycles. The highest BCUT2D eigenvalue weighted by Crippen LogP contribution is 2.07. The Bertz CT molecular complexity index is 197. The molecule has 0 aromatic carbocycles. The minimum atomic E-state index is -0.730. The van der Waals surface area contributed by atoms with Gasteiger partial charge in [-0.05, 0) is 18.9 Å². The number of carbonyl (C=O) groups is 2. The fraction of sp³-hybridized carbons (Fsp3) is 0.636. The van der Waals surface area contributed by atoms with Gasteiger partial charge in [0.2, 0.25) is 0 Å². The fourth-order valence-electron chi connectivity index (χ4n) is 1.21. The summed E-state index contributed by atoms with van der Waals surface area (Å²) >= 11 is 0. The van der Waals surface area contributed by atoms with Crippen LogP contribution in [0.15, 0.2) is 12.7 Å². The summed E-state index contributed by atoms with van der Waals surface area (Å²) in [6.07, 6.45) is 6.76. The van der Waals surface area contributed by atoms with E-state index in [9.17, 15) is 9.59 Å². The second-order valence-corrected chi connectivity index (χ2v) is 3.33. The van der Waals surface area contributed by atoms with Gasteiger partial charge in [-0.2, -0.15) is 0 Å². The average Bonchev–Trinajstić information content (AvgIpc) is 2.15. The summed E-state index contributed by atoms with van der Waals surface area (Å²) in [5.74, 6) is -0.637. The van der Waals surface area contributed by atoms with Crippen molar-refractivity contribution in [3.63, 3.8) is 0 Å². The maximum Gasteiger partial charge on any atom is 0.303 e. The smallest absolute Gasteiger partial charge is 0.303 e. The van der Waals surface area contributed by atoms with E-state index in [0.29, 0.717) is 6.42 Å². The molecule has 0 bridgehead atoms. The number of unbranched alkanes of at least 4 members (excludes halogenated alkanes) is 4. The highest BCUT2D eigenvalue weighted by Gasteiger charge is 1.98. The van der Waals surface area contributed by atoms with Crippen LogP contribution < -0.4 is 0 Å². The van der Waals surface area contributed by atoms with Crippen molar-refractivity contribution < 1.29 is 14.7 Å². The van der Waals surface area contributed by atoms with E-state index in [4.69, 9.17) is 5.11 Å². The van der Waals surface area contributed by atoms with Crippen molar-refractivity contribution in [1.82, 2.24) is 0 Å². The molecular weight excluding hydrogens is 180 g/mol. The molecule has 0 amide bonds. The number of carbonyl (C=O) groups excluding carboxylic acids is 1. The molecule has 0 radical (unpaired) electrons. The molecule has 0 atom stereocenters. The predicted molar refractivity (Wildman–Crippen MR) is 55.2 cm³/mol. The molecule has 0 spiro atoms. The van der Waals surface area contributed by atoms with Crippen molar-refractivity contribution in [3.05, 3.63) is 12.7 Å². The Balaban J connectivity index is 3.10. The molecule has 0 heterocycles. The highest BCUT2D eigenvalue weighted by atomic mass is 16.4. The van der Waals surface area contributed by atoms with E-state index in [1.165, 1.54) is 6.08 Å². The van der Waals surface area contributed by atoms with Gasteiger partial charge in [-0.15, -0.1) is 0 Å². The van der Waals surface area contributed by atoms with Crippen molar-refractivity contribution in [1.29, 1.82) is 0 Å². The Morgan fingerprint density at radius 2 is 1.50 bits per heavy atom. The average molecular weight is 198 g/mol. The molecule has 0 fully saturated rings. The van der Waals surface area contributed by atoms with Crippen LogP contribution in [0.3, 0.4) is 0 Å². The molecule has 0 rings (SSSR count). The van der Waals surface area contributed by atoms with Crippen molar-refractivity contribution in [3.8, 4) is 0 Å². The molecule has 1 N–H and O–H groups in total. The van der Waals surface area contributed by atoms with Crippen LogP contribution >= 0.6 is 0 Å². The molecule has 0 saturated heterocycles. The summed E-state index contributed by atoms with van der Waals surface area (Å²) in [4.78, 5) is 21.0. The first-order valence-electron chi connectivity index (χ1n) is 5.04. The van der Waals surface area contributed by atoms with Gasteiger partial charge in [-0.3, -0.25) is 9.59 Å². The molecule has 0 aliphatic rings. The van der Waals surface area contributed by atoms with Gasteiger partial charge in [-0.25, -0.2) is 0 Å². The van der Waals surface area contributed by atoms with E-state index < -0.39 is 5.97 Å². The largest absolute Gasteiger partial charge is 0.481 e. The maximum absolute atomic E-state index is 10.8. The van der Waals surface area contributed by atoms with Crippen LogP contribution in [0.25, 0.3) is 0 Å². The molecule has 3 heteroatoms. The predicted octanol–water partition coefficient (Wildman–Crippen LogP) is 2.56. The summed E-state index contributed by atoms with van der Waals surface area (Å²) in [5.41, 5.74) is 0. The van der Waals surface area contributed by atoms with Gasteiger partial charge in [0, 0.05) is 12.8 Å². The third-order valence-corrected chi connectivity index (χ3v) is 2.04. The summed E-state index contributed by atoms with van der Waals surface area (Å²) in [5, 5.41) is 8.37. The molecule has 0 aromatic heterocycles. The van der Waals surface area contributed by atoms with E-state index >= 15 is 0 Å². The van der Waals surface area contributed by atoms with Crippen molar-refractivity contribution >= 4 is 11.8 Å². The van der Waals surface area contributed by atoms with E-state index in [2.05, 4.69) is 6.58 Å². The zero-order chi connectivity index (χ0) is 10.8. The lowest BCUT2D eigenvalue weighted by molar-refractivity contribution is -0.137. The lowest BCUT2D eigenvalue weighted by atomic mass is 10.1. The van der Waals surface area contributed by atoms with Crippen LogP contribution in [0.1, 0.15) is 44.9 Å². The first-order chi connectivity index (χ1) is 6.66. The van der Waals surface area contributed by atoms with Gasteiger partial charge in [0.1, 0.15) is 0 Å². The first kappa shape index (κ1) is 12.9. The van der Waals surface area contributed by atoms with Crippen LogP contribution in [0.5, 0.6) is 0 Å². The normalized spacial score (nSPS) is 9.71. The third kappa shape index (κ3) is 8.97. The number of hydrogen-bond donors (Lipinski definition) is 1. The molecule has 0 saturated carbocycles. The third-order valence-electron chi connectivity index (χ3n) is 2.04. The van der Waals surface area contributed by atoms with Crippen LogP contribution in [-0.4, -0.2) is 16.9 Å². The Morgan fingerprint density at radius 1 is 1.00 bits per heavy atom. The first-order valence-corrected chi connectivity index (χ1v) is 5.04. The molecule has 0 aromatic rings. The van der Waals surface area contributed by atoms with Crippen molar-refractivity contribution in [2.45, 2.75) is 44.9 Å². The maximum atomic E-state index is 10.8. The number of rotatable bonds is 9. The van der Waals surface area contributed by atoms with E-state index in [0.717, 1.165) is 32.1 Å². The van der Waals surface area contributed by atoms with Gasteiger partial charge >= 0.3 is 5.97 Å². The number of hydrogen-bond acceptors (Lipinski definition) is 2. The number of carboxylic acids is 1. The van der Waals surface area contributed by atoms with E-state index in [1.807, 2.05) is 0 Å². The lowest BCUT2D eigenvalue weighted by Gasteiger charge is -1.98. The van der Waals surface area contributed by atoms with Gasteiger partial charge in [0.15, 0.2) is 5.78 Å². The van der Waals surface area contributed by atoms with Crippen molar-refractivity contribution in [2.75, 3.05) is 0 Å². The molecule has 80 valence electrons. The molecule has 0 aliphatic heterocycles. The van der Waals surface area contributed by atoms with Crippen molar-refractivity contribution in [2.24, 2.45) is 0 Å². The molecule has 14 heavy (non-hydrogen) atoms. The van der Waals surface area contributed by atoms with Gasteiger partial charge in [0.05, 0.1) is 0 Å². The standard InChI is InChI=1S/C11H18O3/c1-2-10(12)8-6-4-3-5-7-9-11(13)14/h2H,1,3-9H2,(H,13,14). The second-order valence-electron chi connectivity index (χ2n) is 3.33. The monoisotopic (exact) mass is 198 g/mol. The van der Waals surface area contributed by atoms with Gasteiger partial charge < -0.3 is 5.11 Å². The summed E-state index contributed by atoms with van der Waals surface area (Å²) in [6.45, 7) is 3.39. The quantitative estimate of drug-likeness (QED) is 0.457. The number of allylic oxidation sites excluding steroid dienone is 1. The number of carboxylic acid groups (broad SMARTS) is 1. The fourth-order valence-corrected chi connectivity index (χ4v) is 1.21. The Kier molecular flexibility index (Phi) is 7.80. The number of aliphatic carboxylic acids is 1. The summed E-state index contributed by atoms with van der Waals surface area (Å²) in [6, 6.07) is 0. The van der Waals surface area contributed by atoms with Crippen LogP contribution in [-0.2, 0) is 9.59 Å². The second kappa shape index (κ2) is 8.48. The molecule has 3 nitrogen and oxygen atoms in total. The zero-order valence-corrected chi connectivity index (χ0v) is 8.50.